The third kappa shape index (κ3) is 4.05. The highest BCUT2D eigenvalue weighted by molar-refractivity contribution is 5.90. The van der Waals surface area contributed by atoms with Crippen LogP contribution in [0.5, 0.6) is 5.75 Å². The summed E-state index contributed by atoms with van der Waals surface area (Å²) in [5.74, 6) is 1.47. The van der Waals surface area contributed by atoms with Gasteiger partial charge in [-0.15, -0.1) is 0 Å². The lowest BCUT2D eigenvalue weighted by Gasteiger charge is -2.33. The Morgan fingerprint density at radius 3 is 2.66 bits per heavy atom. The number of rotatable bonds is 5. The molecule has 1 saturated heterocycles. The van der Waals surface area contributed by atoms with Gasteiger partial charge in [-0.2, -0.15) is 5.10 Å². The third-order valence-electron chi connectivity index (χ3n) is 6.93. The van der Waals surface area contributed by atoms with Crippen LogP contribution in [0.15, 0.2) is 45.7 Å². The average Bonchev–Trinajstić information content (AvgIpc) is 3.26. The predicted molar refractivity (Wildman–Crippen MR) is 129 cm³/mol. The Kier molecular flexibility index (Phi) is 5.28. The van der Waals surface area contributed by atoms with Crippen molar-refractivity contribution in [2.45, 2.75) is 31.8 Å². The third-order valence-corrected chi connectivity index (χ3v) is 6.93. The normalized spacial score (nSPS) is 16.6. The number of benzene rings is 2. The number of H-pyrrole nitrogens is 1. The van der Waals surface area contributed by atoms with E-state index in [1.54, 1.807) is 6.07 Å². The minimum atomic E-state index is -0.904. The molecule has 0 atom stereocenters. The van der Waals surface area contributed by atoms with Gasteiger partial charge in [-0.05, 0) is 55.2 Å². The lowest BCUT2D eigenvalue weighted by Crippen LogP contribution is -2.48. The average molecular weight is 476 g/mol. The second-order valence-electron chi connectivity index (χ2n) is 9.15. The molecule has 0 spiro atoms. The summed E-state index contributed by atoms with van der Waals surface area (Å²) in [6, 6.07) is 11.4. The smallest absolute Gasteiger partial charge is 0.407 e. The van der Waals surface area contributed by atoms with Crippen molar-refractivity contribution in [2.75, 3.05) is 31.1 Å². The number of amides is 1. The molecular weight excluding hydrogens is 450 g/mol. The van der Waals surface area contributed by atoms with Gasteiger partial charge in [0.15, 0.2) is 11.4 Å². The highest BCUT2D eigenvalue weighted by Gasteiger charge is 2.24. The molecule has 1 amide bonds. The number of aromatic amines is 1. The van der Waals surface area contributed by atoms with Crippen molar-refractivity contribution in [1.29, 1.82) is 0 Å². The molecule has 0 bridgehead atoms. The summed E-state index contributed by atoms with van der Waals surface area (Å²) in [7, 11) is 0. The number of carbonyl (C=O) groups is 1. The fourth-order valence-corrected chi connectivity index (χ4v) is 4.70. The van der Waals surface area contributed by atoms with E-state index < -0.39 is 6.09 Å². The zero-order chi connectivity index (χ0) is 23.9. The molecule has 4 aromatic rings. The van der Waals surface area contributed by atoms with Crippen molar-refractivity contribution in [3.8, 4) is 5.75 Å². The van der Waals surface area contributed by atoms with Crippen LogP contribution >= 0.6 is 0 Å². The lowest BCUT2D eigenvalue weighted by molar-refractivity contribution is 0.120. The molecule has 35 heavy (non-hydrogen) atoms. The Morgan fingerprint density at radius 2 is 1.91 bits per heavy atom. The largest absolute Gasteiger partial charge is 0.490 e. The van der Waals surface area contributed by atoms with Crippen LogP contribution in [0.25, 0.3) is 21.7 Å². The van der Waals surface area contributed by atoms with Crippen LogP contribution in [0, 0.1) is 0 Å². The highest BCUT2D eigenvalue weighted by Crippen LogP contribution is 2.31. The van der Waals surface area contributed by atoms with E-state index in [4.69, 9.17) is 9.26 Å². The summed E-state index contributed by atoms with van der Waals surface area (Å²) >= 11 is 0. The standard InChI is InChI=1S/C25H25N5O5/c31-24-18-6-5-17(34-16-2-1-3-16)14-19(18)21(26-27-24)13-15-4-7-22-20(12-15)23(28-35-22)29-8-10-30(11-9-29)25(32)33/h4-7,12,14,16H,1-3,8-11,13H2,(H,27,31)(H,32,33). The van der Waals surface area contributed by atoms with Crippen LogP contribution in [0.4, 0.5) is 10.6 Å². The highest BCUT2D eigenvalue weighted by atomic mass is 16.5. The fraction of sp³-hybridized carbons (Fsp3) is 0.360. The van der Waals surface area contributed by atoms with Crippen LogP contribution in [0.1, 0.15) is 30.5 Å². The summed E-state index contributed by atoms with van der Waals surface area (Å²) in [5, 5.41) is 22.7. The number of aromatic nitrogens is 3. The summed E-state index contributed by atoms with van der Waals surface area (Å²) in [6.07, 6.45) is 3.16. The first kappa shape index (κ1) is 21.5. The zero-order valence-electron chi connectivity index (χ0n) is 19.1. The van der Waals surface area contributed by atoms with Crippen LogP contribution in [0.2, 0.25) is 0 Å². The minimum absolute atomic E-state index is 0.226. The Balaban J connectivity index is 1.30. The molecule has 2 aromatic heterocycles. The molecular formula is C25H25N5O5. The van der Waals surface area contributed by atoms with Gasteiger partial charge < -0.3 is 24.2 Å². The van der Waals surface area contributed by atoms with Crippen molar-refractivity contribution in [1.82, 2.24) is 20.3 Å². The first-order valence-corrected chi connectivity index (χ1v) is 11.8. The molecule has 0 unspecified atom stereocenters. The predicted octanol–water partition coefficient (Wildman–Crippen LogP) is 3.39. The van der Waals surface area contributed by atoms with E-state index in [0.29, 0.717) is 49.4 Å². The molecule has 2 aliphatic rings. The maximum Gasteiger partial charge on any atom is 0.407 e. The van der Waals surface area contributed by atoms with Crippen molar-refractivity contribution in [3.63, 3.8) is 0 Å². The van der Waals surface area contributed by atoms with Crippen LogP contribution in [-0.4, -0.2) is 63.7 Å². The van der Waals surface area contributed by atoms with E-state index in [1.807, 2.05) is 35.2 Å². The maximum absolute atomic E-state index is 12.4. The van der Waals surface area contributed by atoms with E-state index in [2.05, 4.69) is 15.4 Å². The fourth-order valence-electron chi connectivity index (χ4n) is 4.70. The van der Waals surface area contributed by atoms with Gasteiger partial charge in [0.05, 0.1) is 22.6 Å². The summed E-state index contributed by atoms with van der Waals surface area (Å²) in [6.45, 7) is 1.94. The quantitative estimate of drug-likeness (QED) is 0.450. The lowest BCUT2D eigenvalue weighted by atomic mass is 9.96. The van der Waals surface area contributed by atoms with Crippen molar-refractivity contribution < 1.29 is 19.2 Å². The Hall–Kier alpha value is -4.08. The van der Waals surface area contributed by atoms with Gasteiger partial charge in [0.2, 0.25) is 0 Å². The van der Waals surface area contributed by atoms with Gasteiger partial charge in [0.25, 0.3) is 5.56 Å². The number of ether oxygens (including phenoxy) is 1. The number of piperazine rings is 1. The molecule has 6 rings (SSSR count). The number of nitrogens with zero attached hydrogens (tertiary/aromatic N) is 4. The molecule has 2 aromatic carbocycles. The molecule has 2 fully saturated rings. The van der Waals surface area contributed by atoms with Crippen LogP contribution in [0.3, 0.4) is 0 Å². The Labute approximate surface area is 200 Å². The first-order chi connectivity index (χ1) is 17.0. The minimum Gasteiger partial charge on any atom is -0.490 e. The number of hydrogen-bond donors (Lipinski definition) is 2. The van der Waals surface area contributed by atoms with E-state index in [9.17, 15) is 14.7 Å². The second kappa shape index (κ2) is 8.61. The monoisotopic (exact) mass is 475 g/mol. The molecule has 1 aliphatic carbocycles. The van der Waals surface area contributed by atoms with E-state index in [-0.39, 0.29) is 11.7 Å². The number of carboxylic acid groups (broad SMARTS) is 1. The van der Waals surface area contributed by atoms with E-state index in [0.717, 1.165) is 40.6 Å². The Morgan fingerprint density at radius 1 is 1.09 bits per heavy atom. The van der Waals surface area contributed by atoms with Gasteiger partial charge in [-0.3, -0.25) is 4.79 Å². The maximum atomic E-state index is 12.4. The van der Waals surface area contributed by atoms with Crippen molar-refractivity contribution in [2.24, 2.45) is 0 Å². The zero-order valence-corrected chi connectivity index (χ0v) is 19.1. The number of fused-ring (bicyclic) bond motifs is 2. The van der Waals surface area contributed by atoms with E-state index in [1.165, 1.54) is 11.3 Å². The van der Waals surface area contributed by atoms with Crippen molar-refractivity contribution in [3.05, 3.63) is 58.0 Å². The van der Waals surface area contributed by atoms with E-state index >= 15 is 0 Å². The topological polar surface area (TPSA) is 125 Å². The van der Waals surface area contributed by atoms with Gasteiger partial charge >= 0.3 is 6.09 Å². The molecule has 10 nitrogen and oxygen atoms in total. The molecule has 1 saturated carbocycles. The molecule has 2 N–H and O–H groups in total. The van der Waals surface area contributed by atoms with Crippen LogP contribution in [-0.2, 0) is 6.42 Å². The molecule has 10 heteroatoms. The second-order valence-corrected chi connectivity index (χ2v) is 9.15. The summed E-state index contributed by atoms with van der Waals surface area (Å²) in [4.78, 5) is 27.1. The molecule has 0 radical (unpaired) electrons. The molecule has 3 heterocycles. The molecule has 1 aliphatic heterocycles. The summed E-state index contributed by atoms with van der Waals surface area (Å²) < 4.78 is 11.6. The number of anilines is 1. The van der Waals surface area contributed by atoms with Crippen LogP contribution < -0.4 is 15.2 Å². The van der Waals surface area contributed by atoms with Gasteiger partial charge in [-0.1, -0.05) is 11.2 Å². The number of hydrogen-bond acceptors (Lipinski definition) is 7. The first-order valence-electron chi connectivity index (χ1n) is 11.8. The van der Waals surface area contributed by atoms with Gasteiger partial charge in [-0.25, -0.2) is 9.89 Å². The van der Waals surface area contributed by atoms with Crippen molar-refractivity contribution >= 4 is 33.7 Å². The summed E-state index contributed by atoms with van der Waals surface area (Å²) in [5.41, 5.74) is 2.19. The van der Waals surface area contributed by atoms with Gasteiger partial charge in [0.1, 0.15) is 5.75 Å². The molecule has 180 valence electrons. The SMILES string of the molecule is O=C(O)N1CCN(c2noc3ccc(Cc4n[nH]c(=O)c5ccc(OC6CCC6)cc45)cc23)CC1. The number of nitrogens with one attached hydrogen (secondary N) is 1. The van der Waals surface area contributed by atoms with Gasteiger partial charge in [0, 0.05) is 38.0 Å². The Bertz CT molecular complexity index is 1470.